The van der Waals surface area contributed by atoms with Crippen LogP contribution in [0.25, 0.3) is 11.1 Å². The molecule has 29 heavy (non-hydrogen) atoms. The fourth-order valence-corrected chi connectivity index (χ4v) is 3.70. The number of hydrogen-bond donors (Lipinski definition) is 1. The van der Waals surface area contributed by atoms with E-state index in [2.05, 4.69) is 20.4 Å². The Morgan fingerprint density at radius 2 is 1.93 bits per heavy atom. The van der Waals surface area contributed by atoms with Gasteiger partial charge in [-0.05, 0) is 43.9 Å². The fraction of sp³-hybridized carbons (Fsp3) is 0.429. The minimum absolute atomic E-state index is 0.0445. The Morgan fingerprint density at radius 1 is 1.17 bits per heavy atom. The zero-order chi connectivity index (χ0) is 20.2. The molecule has 1 saturated heterocycles. The molecule has 1 aliphatic heterocycles. The smallest absolute Gasteiger partial charge is 0.263 e. The number of aryl methyl sites for hydroxylation is 2. The van der Waals surface area contributed by atoms with Crippen molar-refractivity contribution >= 4 is 34.4 Å². The van der Waals surface area contributed by atoms with Gasteiger partial charge in [-0.3, -0.25) is 4.79 Å². The van der Waals surface area contributed by atoms with Gasteiger partial charge in [-0.25, -0.2) is 4.98 Å². The van der Waals surface area contributed by atoms with Crippen molar-refractivity contribution in [1.82, 2.24) is 20.4 Å². The molecule has 1 fully saturated rings. The molecule has 8 heteroatoms. The van der Waals surface area contributed by atoms with Crippen molar-refractivity contribution in [2.24, 2.45) is 0 Å². The number of nitrogens with zero attached hydrogens (tertiary/aromatic N) is 4. The number of rotatable bonds is 6. The van der Waals surface area contributed by atoms with Crippen LogP contribution in [0.4, 0.5) is 5.82 Å². The minimum atomic E-state index is -0.0445. The van der Waals surface area contributed by atoms with Crippen molar-refractivity contribution in [2.75, 3.05) is 18.0 Å². The first-order chi connectivity index (χ1) is 14.1. The molecule has 1 amide bonds. The monoisotopic (exact) mass is 413 g/mol. The molecule has 2 aromatic heterocycles. The van der Waals surface area contributed by atoms with E-state index in [9.17, 15) is 4.79 Å². The second-order valence-electron chi connectivity index (χ2n) is 7.36. The van der Waals surface area contributed by atoms with Crippen LogP contribution in [0, 0.1) is 6.92 Å². The second kappa shape index (κ2) is 8.78. The van der Waals surface area contributed by atoms with Gasteiger partial charge in [0.2, 0.25) is 5.91 Å². The molecule has 3 aromatic rings. The van der Waals surface area contributed by atoms with Crippen LogP contribution in [0.1, 0.15) is 42.8 Å². The Hall–Kier alpha value is -2.67. The Balaban J connectivity index is 1.43. The van der Waals surface area contributed by atoms with Crippen molar-refractivity contribution in [3.63, 3.8) is 0 Å². The maximum Gasteiger partial charge on any atom is 0.263 e. The zero-order valence-electron chi connectivity index (χ0n) is 16.4. The number of benzene rings is 1. The topological polar surface area (TPSA) is 84.1 Å². The highest BCUT2D eigenvalue weighted by atomic mass is 35.5. The number of aromatic nitrogens is 3. The van der Waals surface area contributed by atoms with Crippen LogP contribution in [0.15, 0.2) is 28.8 Å². The SMILES string of the molecule is Cc1noc2nc(CCC(=O)NCc3ccc(Cl)cc3)nc(N3CCCCC3)c12. The van der Waals surface area contributed by atoms with Gasteiger partial charge in [0.25, 0.3) is 5.71 Å². The summed E-state index contributed by atoms with van der Waals surface area (Å²) in [6.07, 6.45) is 4.30. The molecule has 4 rings (SSSR count). The summed E-state index contributed by atoms with van der Waals surface area (Å²) in [6, 6.07) is 7.43. The summed E-state index contributed by atoms with van der Waals surface area (Å²) in [5, 5.41) is 8.55. The molecule has 0 spiro atoms. The highest BCUT2D eigenvalue weighted by molar-refractivity contribution is 6.30. The first-order valence-corrected chi connectivity index (χ1v) is 10.4. The Bertz CT molecular complexity index is 996. The third kappa shape index (κ3) is 4.67. The highest BCUT2D eigenvalue weighted by Crippen LogP contribution is 2.29. The predicted octanol–water partition coefficient (Wildman–Crippen LogP) is 3.82. The first kappa shape index (κ1) is 19.6. The summed E-state index contributed by atoms with van der Waals surface area (Å²) in [6.45, 7) is 4.32. The van der Waals surface area contributed by atoms with Gasteiger partial charge in [0.1, 0.15) is 17.0 Å². The maximum absolute atomic E-state index is 12.3. The van der Waals surface area contributed by atoms with Crippen LogP contribution in [-0.4, -0.2) is 34.1 Å². The summed E-state index contributed by atoms with van der Waals surface area (Å²) >= 11 is 5.89. The molecule has 0 atom stereocenters. The van der Waals surface area contributed by atoms with Crippen LogP contribution in [-0.2, 0) is 17.8 Å². The van der Waals surface area contributed by atoms with Gasteiger partial charge in [0, 0.05) is 37.5 Å². The van der Waals surface area contributed by atoms with Crippen molar-refractivity contribution in [3.05, 3.63) is 46.4 Å². The van der Waals surface area contributed by atoms with E-state index >= 15 is 0 Å². The van der Waals surface area contributed by atoms with E-state index in [1.165, 1.54) is 6.42 Å². The molecule has 0 saturated carbocycles. The Morgan fingerprint density at radius 3 is 2.69 bits per heavy atom. The largest absolute Gasteiger partial charge is 0.356 e. The van der Waals surface area contributed by atoms with Crippen LogP contribution in [0.3, 0.4) is 0 Å². The molecular weight excluding hydrogens is 390 g/mol. The molecule has 1 N–H and O–H groups in total. The zero-order valence-corrected chi connectivity index (χ0v) is 17.2. The number of amides is 1. The van der Waals surface area contributed by atoms with Gasteiger partial charge in [-0.2, -0.15) is 4.98 Å². The molecule has 0 aliphatic carbocycles. The van der Waals surface area contributed by atoms with Gasteiger partial charge in [0.05, 0.1) is 5.69 Å². The highest BCUT2D eigenvalue weighted by Gasteiger charge is 2.21. The van der Waals surface area contributed by atoms with E-state index in [1.54, 1.807) is 0 Å². The van der Waals surface area contributed by atoms with Gasteiger partial charge in [-0.15, -0.1) is 0 Å². The average Bonchev–Trinajstić information content (AvgIpc) is 3.12. The molecule has 1 aliphatic rings. The van der Waals surface area contributed by atoms with E-state index in [0.717, 1.165) is 48.4 Å². The minimum Gasteiger partial charge on any atom is -0.356 e. The van der Waals surface area contributed by atoms with E-state index in [4.69, 9.17) is 21.1 Å². The quantitative estimate of drug-likeness (QED) is 0.661. The van der Waals surface area contributed by atoms with Crippen LogP contribution < -0.4 is 10.2 Å². The third-order valence-electron chi connectivity index (χ3n) is 5.17. The maximum atomic E-state index is 12.3. The number of carbonyl (C=O) groups is 1. The lowest BCUT2D eigenvalue weighted by molar-refractivity contribution is -0.121. The Kier molecular flexibility index (Phi) is 5.94. The third-order valence-corrected chi connectivity index (χ3v) is 5.42. The Labute approximate surface area is 174 Å². The fourth-order valence-electron chi connectivity index (χ4n) is 3.57. The summed E-state index contributed by atoms with van der Waals surface area (Å²) < 4.78 is 5.40. The van der Waals surface area contributed by atoms with Crippen LogP contribution in [0.2, 0.25) is 5.02 Å². The summed E-state index contributed by atoms with van der Waals surface area (Å²) in [5.74, 6) is 1.44. The molecule has 3 heterocycles. The van der Waals surface area contributed by atoms with Crippen molar-refractivity contribution in [3.8, 4) is 0 Å². The number of fused-ring (bicyclic) bond motifs is 1. The van der Waals surface area contributed by atoms with Crippen LogP contribution >= 0.6 is 11.6 Å². The van der Waals surface area contributed by atoms with Gasteiger partial charge >= 0.3 is 0 Å². The molecule has 152 valence electrons. The standard InChI is InChI=1S/C21H24ClN5O2/c1-14-19-20(27-11-3-2-4-12-27)24-17(25-21(19)29-26-14)9-10-18(28)23-13-15-5-7-16(22)8-6-15/h5-8H,2-4,9-13H2,1H3,(H,23,28). The number of nitrogens with one attached hydrogen (secondary N) is 1. The second-order valence-corrected chi connectivity index (χ2v) is 7.80. The molecule has 7 nitrogen and oxygen atoms in total. The van der Waals surface area contributed by atoms with Gasteiger partial charge in [0.15, 0.2) is 0 Å². The summed E-state index contributed by atoms with van der Waals surface area (Å²) in [5.41, 5.74) is 2.30. The number of hydrogen-bond acceptors (Lipinski definition) is 6. The summed E-state index contributed by atoms with van der Waals surface area (Å²) in [7, 11) is 0. The van der Waals surface area contributed by atoms with Crippen molar-refractivity contribution < 1.29 is 9.32 Å². The van der Waals surface area contributed by atoms with E-state index in [0.29, 0.717) is 35.9 Å². The van der Waals surface area contributed by atoms with Gasteiger partial charge in [-0.1, -0.05) is 28.9 Å². The lowest BCUT2D eigenvalue weighted by Crippen LogP contribution is -2.30. The molecule has 0 radical (unpaired) electrons. The lowest BCUT2D eigenvalue weighted by Gasteiger charge is -2.28. The van der Waals surface area contributed by atoms with Gasteiger partial charge < -0.3 is 14.7 Å². The molecular formula is C21H24ClN5O2. The number of carbonyl (C=O) groups excluding carboxylic acids is 1. The lowest BCUT2D eigenvalue weighted by atomic mass is 10.1. The molecule has 0 unspecified atom stereocenters. The normalized spacial score (nSPS) is 14.3. The number of piperidine rings is 1. The summed E-state index contributed by atoms with van der Waals surface area (Å²) in [4.78, 5) is 23.8. The van der Waals surface area contributed by atoms with E-state index in [1.807, 2.05) is 31.2 Å². The van der Waals surface area contributed by atoms with Crippen molar-refractivity contribution in [2.45, 2.75) is 45.6 Å². The van der Waals surface area contributed by atoms with E-state index < -0.39 is 0 Å². The van der Waals surface area contributed by atoms with Crippen LogP contribution in [0.5, 0.6) is 0 Å². The van der Waals surface area contributed by atoms with E-state index in [-0.39, 0.29) is 5.91 Å². The first-order valence-electron chi connectivity index (χ1n) is 9.99. The molecule has 1 aromatic carbocycles. The number of anilines is 1. The predicted molar refractivity (Wildman–Crippen MR) is 112 cm³/mol. The van der Waals surface area contributed by atoms with Crippen molar-refractivity contribution in [1.29, 1.82) is 0 Å². The average molecular weight is 414 g/mol. The number of halogens is 1. The molecule has 0 bridgehead atoms.